The summed E-state index contributed by atoms with van der Waals surface area (Å²) in [5.41, 5.74) is 12.2. The van der Waals surface area contributed by atoms with Gasteiger partial charge in [-0.15, -0.1) is 0 Å². The smallest absolute Gasteiger partial charge is 0.142 e. The first kappa shape index (κ1) is 19.0. The molecule has 6 heteroatoms. The maximum absolute atomic E-state index is 9.85. The molecule has 2 heterocycles. The number of aryl methyl sites for hydroxylation is 1. The maximum atomic E-state index is 9.85. The van der Waals surface area contributed by atoms with E-state index in [9.17, 15) is 5.26 Å². The van der Waals surface area contributed by atoms with Gasteiger partial charge in [-0.25, -0.2) is 4.98 Å². The second-order valence-corrected chi connectivity index (χ2v) is 7.35. The Balaban J connectivity index is 1.79. The van der Waals surface area contributed by atoms with Crippen molar-refractivity contribution in [1.82, 2.24) is 15.2 Å². The molecule has 3 aromatic rings. The number of unbranched alkanes of at least 4 members (excludes halogenated alkanes) is 3. The molecule has 3 N–H and O–H groups in total. The lowest BCUT2D eigenvalue weighted by atomic mass is 9.85. The first-order valence-corrected chi connectivity index (χ1v) is 10.2. The molecule has 0 radical (unpaired) electrons. The summed E-state index contributed by atoms with van der Waals surface area (Å²) >= 11 is 0. The number of rotatable bonds is 7. The minimum absolute atomic E-state index is 0.244. The number of nitriles is 1. The number of hydrogen-bond donors (Lipinski definition) is 2. The van der Waals surface area contributed by atoms with Gasteiger partial charge in [-0.1, -0.05) is 44.4 Å². The molecule has 29 heavy (non-hydrogen) atoms. The van der Waals surface area contributed by atoms with Crippen molar-refractivity contribution in [1.29, 1.82) is 5.26 Å². The third kappa shape index (κ3) is 3.56. The number of pyridine rings is 1. The van der Waals surface area contributed by atoms with Crippen LogP contribution in [0.2, 0.25) is 0 Å². The molecule has 6 nitrogen and oxygen atoms in total. The predicted molar refractivity (Wildman–Crippen MR) is 113 cm³/mol. The number of nitrogen functional groups attached to an aromatic ring is 1. The number of aromatic amines is 1. The van der Waals surface area contributed by atoms with Crippen molar-refractivity contribution < 1.29 is 4.74 Å². The molecule has 0 saturated heterocycles. The van der Waals surface area contributed by atoms with E-state index in [2.05, 4.69) is 28.2 Å². The summed E-state index contributed by atoms with van der Waals surface area (Å²) in [7, 11) is 0. The molecule has 0 amide bonds. The van der Waals surface area contributed by atoms with E-state index >= 15 is 0 Å². The number of nitrogens with one attached hydrogen (secondary N) is 1. The van der Waals surface area contributed by atoms with Crippen LogP contribution in [0.15, 0.2) is 30.5 Å². The number of anilines is 1. The average molecular weight is 387 g/mol. The second-order valence-electron chi connectivity index (χ2n) is 7.35. The van der Waals surface area contributed by atoms with E-state index in [0.29, 0.717) is 12.2 Å². The van der Waals surface area contributed by atoms with Crippen LogP contribution in [0.1, 0.15) is 49.4 Å². The Morgan fingerprint density at radius 2 is 2.03 bits per heavy atom. The van der Waals surface area contributed by atoms with Crippen LogP contribution in [-0.4, -0.2) is 21.8 Å². The Kier molecular flexibility index (Phi) is 5.48. The highest BCUT2D eigenvalue weighted by atomic mass is 16.5. The van der Waals surface area contributed by atoms with Gasteiger partial charge in [-0.05, 0) is 30.9 Å². The minimum atomic E-state index is 0.244. The fourth-order valence-corrected chi connectivity index (χ4v) is 3.99. The first-order valence-electron chi connectivity index (χ1n) is 10.2. The molecule has 0 bridgehead atoms. The standard InChI is InChI=1S/C23H25N5O/c1-2-3-4-7-12-29-20-9-6-5-8-15(20)21-16-10-11-19-18(14-26-28-19)22(16)27-23(25)17(21)13-24/h5-6,8-9,14H,2-4,7,10-12H2,1H3,(H2,25,27)(H,26,28). The van der Waals surface area contributed by atoms with Crippen molar-refractivity contribution >= 4 is 5.82 Å². The third-order valence-corrected chi connectivity index (χ3v) is 5.45. The fraction of sp³-hybridized carbons (Fsp3) is 0.348. The number of benzene rings is 1. The van der Waals surface area contributed by atoms with Gasteiger partial charge in [-0.2, -0.15) is 10.4 Å². The van der Waals surface area contributed by atoms with Crippen LogP contribution in [-0.2, 0) is 12.8 Å². The van der Waals surface area contributed by atoms with Crippen LogP contribution in [0.25, 0.3) is 22.4 Å². The summed E-state index contributed by atoms with van der Waals surface area (Å²) in [5.74, 6) is 1.03. The zero-order valence-corrected chi connectivity index (χ0v) is 16.7. The van der Waals surface area contributed by atoms with Crippen LogP contribution in [0.4, 0.5) is 5.82 Å². The number of fused-ring (bicyclic) bond motifs is 3. The van der Waals surface area contributed by atoms with Crippen LogP contribution in [0.3, 0.4) is 0 Å². The van der Waals surface area contributed by atoms with Gasteiger partial charge in [0.05, 0.1) is 18.5 Å². The molecule has 0 atom stereocenters. The number of aromatic nitrogens is 3. The lowest BCUT2D eigenvalue weighted by molar-refractivity contribution is 0.306. The Labute approximate surface area is 170 Å². The van der Waals surface area contributed by atoms with Gasteiger partial charge in [0, 0.05) is 22.4 Å². The lowest BCUT2D eigenvalue weighted by Gasteiger charge is -2.22. The van der Waals surface area contributed by atoms with Crippen LogP contribution in [0, 0.1) is 11.3 Å². The normalized spacial score (nSPS) is 12.1. The number of nitrogens with zero attached hydrogens (tertiary/aromatic N) is 3. The van der Waals surface area contributed by atoms with Gasteiger partial charge in [0.2, 0.25) is 0 Å². The molecule has 0 fully saturated rings. The maximum Gasteiger partial charge on any atom is 0.142 e. The van der Waals surface area contributed by atoms with Crippen molar-refractivity contribution in [2.24, 2.45) is 0 Å². The van der Waals surface area contributed by atoms with E-state index in [-0.39, 0.29) is 5.82 Å². The van der Waals surface area contributed by atoms with Crippen molar-refractivity contribution in [2.45, 2.75) is 45.4 Å². The molecule has 1 aliphatic rings. The SMILES string of the molecule is CCCCCCOc1ccccc1-c1c(C#N)c(N)nc2c1CCc1[nH]ncc1-2. The van der Waals surface area contributed by atoms with Crippen molar-refractivity contribution in [2.75, 3.05) is 12.3 Å². The molecule has 0 spiro atoms. The van der Waals surface area contributed by atoms with Gasteiger partial charge < -0.3 is 10.5 Å². The Bertz CT molecular complexity index is 1060. The van der Waals surface area contributed by atoms with Gasteiger partial charge in [0.1, 0.15) is 23.2 Å². The highest BCUT2D eigenvalue weighted by molar-refractivity contribution is 5.88. The summed E-state index contributed by atoms with van der Waals surface area (Å²) < 4.78 is 6.13. The van der Waals surface area contributed by atoms with Crippen molar-refractivity contribution in [3.63, 3.8) is 0 Å². The van der Waals surface area contributed by atoms with Gasteiger partial charge in [0.25, 0.3) is 0 Å². The molecule has 148 valence electrons. The highest BCUT2D eigenvalue weighted by Crippen LogP contribution is 2.43. The molecule has 0 unspecified atom stereocenters. The molecular formula is C23H25N5O. The van der Waals surface area contributed by atoms with Crippen LogP contribution in [0.5, 0.6) is 5.75 Å². The molecule has 0 saturated carbocycles. The van der Waals surface area contributed by atoms with Crippen LogP contribution < -0.4 is 10.5 Å². The number of ether oxygens (including phenoxy) is 1. The molecule has 4 rings (SSSR count). The van der Waals surface area contributed by atoms with E-state index in [4.69, 9.17) is 10.5 Å². The fourth-order valence-electron chi connectivity index (χ4n) is 3.99. The van der Waals surface area contributed by atoms with Gasteiger partial charge in [-0.3, -0.25) is 5.10 Å². The topological polar surface area (TPSA) is 101 Å². The summed E-state index contributed by atoms with van der Waals surface area (Å²) in [6.45, 7) is 2.86. The monoisotopic (exact) mass is 387 g/mol. The highest BCUT2D eigenvalue weighted by Gasteiger charge is 2.27. The molecule has 0 aliphatic heterocycles. The average Bonchev–Trinajstić information content (AvgIpc) is 3.22. The largest absolute Gasteiger partial charge is 0.493 e. The van der Waals surface area contributed by atoms with E-state index < -0.39 is 0 Å². The third-order valence-electron chi connectivity index (χ3n) is 5.45. The molecule has 1 aromatic carbocycles. The number of para-hydroxylation sites is 1. The second kappa shape index (κ2) is 8.36. The number of H-pyrrole nitrogens is 1. The van der Waals surface area contributed by atoms with Gasteiger partial charge >= 0.3 is 0 Å². The van der Waals surface area contributed by atoms with Crippen LogP contribution >= 0.6 is 0 Å². The van der Waals surface area contributed by atoms with E-state index in [1.807, 2.05) is 24.3 Å². The van der Waals surface area contributed by atoms with Gasteiger partial charge in [0.15, 0.2) is 0 Å². The summed E-state index contributed by atoms with van der Waals surface area (Å²) in [4.78, 5) is 4.56. The van der Waals surface area contributed by atoms with E-state index in [1.54, 1.807) is 6.20 Å². The number of nitrogens with two attached hydrogens (primary N) is 1. The zero-order valence-electron chi connectivity index (χ0n) is 16.7. The van der Waals surface area contributed by atoms with Crippen molar-refractivity contribution in [3.05, 3.63) is 47.3 Å². The summed E-state index contributed by atoms with van der Waals surface area (Å²) in [5, 5.41) is 17.1. The number of hydrogen-bond acceptors (Lipinski definition) is 5. The van der Waals surface area contributed by atoms with E-state index in [0.717, 1.165) is 65.1 Å². The zero-order chi connectivity index (χ0) is 20.2. The minimum Gasteiger partial charge on any atom is -0.493 e. The Morgan fingerprint density at radius 3 is 2.86 bits per heavy atom. The summed E-state index contributed by atoms with van der Waals surface area (Å²) in [6, 6.07) is 10.2. The Morgan fingerprint density at radius 1 is 1.17 bits per heavy atom. The molecule has 2 aromatic heterocycles. The van der Waals surface area contributed by atoms with E-state index in [1.165, 1.54) is 12.8 Å². The molecule has 1 aliphatic carbocycles. The quantitative estimate of drug-likeness (QED) is 0.575. The van der Waals surface area contributed by atoms with Crippen molar-refractivity contribution in [3.8, 4) is 34.2 Å². The molecular weight excluding hydrogens is 362 g/mol. The first-order chi connectivity index (χ1) is 14.2. The predicted octanol–water partition coefficient (Wildman–Crippen LogP) is 4.65. The summed E-state index contributed by atoms with van der Waals surface area (Å²) in [6.07, 6.45) is 7.96. The lowest BCUT2D eigenvalue weighted by Crippen LogP contribution is -2.11. The Hall–Kier alpha value is -3.33.